The van der Waals surface area contributed by atoms with Gasteiger partial charge in [-0.1, -0.05) is 12.1 Å². The van der Waals surface area contributed by atoms with E-state index >= 15 is 0 Å². The number of halogens is 2. The Morgan fingerprint density at radius 1 is 1.09 bits per heavy atom. The molecule has 0 radical (unpaired) electrons. The molecule has 6 heteroatoms. The minimum atomic E-state index is -0.196. The summed E-state index contributed by atoms with van der Waals surface area (Å²) in [6, 6.07) is 6.61. The summed E-state index contributed by atoms with van der Waals surface area (Å²) in [6.07, 6.45) is 0.838. The Morgan fingerprint density at radius 3 is 2.30 bits per heavy atom. The highest BCUT2D eigenvalue weighted by Crippen LogP contribution is 2.02. The van der Waals surface area contributed by atoms with Crippen molar-refractivity contribution < 1.29 is 4.39 Å². The molecule has 1 aromatic rings. The molecule has 0 saturated carbocycles. The molecule has 0 aromatic heterocycles. The zero-order valence-electron chi connectivity index (χ0n) is 14.6. The molecule has 0 aliphatic rings. The van der Waals surface area contributed by atoms with E-state index in [0.717, 1.165) is 44.1 Å². The van der Waals surface area contributed by atoms with Crippen LogP contribution in [0.15, 0.2) is 29.3 Å². The second kappa shape index (κ2) is 11.6. The summed E-state index contributed by atoms with van der Waals surface area (Å²) >= 11 is 0. The van der Waals surface area contributed by atoms with E-state index < -0.39 is 0 Å². The average Bonchev–Trinajstić information content (AvgIpc) is 2.44. The van der Waals surface area contributed by atoms with Crippen LogP contribution in [0.3, 0.4) is 0 Å². The Balaban J connectivity index is 0.00000484. The quantitative estimate of drug-likeness (QED) is 0.267. The van der Waals surface area contributed by atoms with Crippen molar-refractivity contribution in [3.63, 3.8) is 0 Å². The number of hydrogen-bond donors (Lipinski definition) is 3. The van der Waals surface area contributed by atoms with Crippen molar-refractivity contribution in [2.24, 2.45) is 4.99 Å². The SMILES string of the molecule is CCNC(=NCCNC(C)(C)C)NCCc1ccc(F)cc1.I. The maximum absolute atomic E-state index is 12.8. The highest BCUT2D eigenvalue weighted by atomic mass is 127. The van der Waals surface area contributed by atoms with Crippen LogP contribution in [-0.4, -0.2) is 37.7 Å². The first-order valence-corrected chi connectivity index (χ1v) is 7.92. The number of rotatable bonds is 7. The highest BCUT2D eigenvalue weighted by molar-refractivity contribution is 14.0. The van der Waals surface area contributed by atoms with Crippen LogP contribution in [0.5, 0.6) is 0 Å². The fourth-order valence-corrected chi connectivity index (χ4v) is 1.92. The number of aliphatic imine (C=N–C) groups is 1. The first-order chi connectivity index (χ1) is 10.4. The van der Waals surface area contributed by atoms with Crippen LogP contribution in [0.2, 0.25) is 0 Å². The van der Waals surface area contributed by atoms with E-state index in [-0.39, 0.29) is 35.3 Å². The smallest absolute Gasteiger partial charge is 0.191 e. The second-order valence-corrected chi connectivity index (χ2v) is 6.24. The molecule has 0 unspecified atom stereocenters. The lowest BCUT2D eigenvalue weighted by atomic mass is 10.1. The minimum Gasteiger partial charge on any atom is -0.357 e. The monoisotopic (exact) mass is 436 g/mol. The van der Waals surface area contributed by atoms with Crippen LogP contribution in [-0.2, 0) is 6.42 Å². The van der Waals surface area contributed by atoms with E-state index in [2.05, 4.69) is 41.7 Å². The van der Waals surface area contributed by atoms with Crippen LogP contribution >= 0.6 is 24.0 Å². The topological polar surface area (TPSA) is 48.5 Å². The lowest BCUT2D eigenvalue weighted by Crippen LogP contribution is -2.40. The van der Waals surface area contributed by atoms with Gasteiger partial charge >= 0.3 is 0 Å². The normalized spacial score (nSPS) is 11.8. The van der Waals surface area contributed by atoms with Gasteiger partial charge in [0.1, 0.15) is 5.82 Å². The van der Waals surface area contributed by atoms with Crippen molar-refractivity contribution in [2.75, 3.05) is 26.2 Å². The molecule has 1 aromatic carbocycles. The van der Waals surface area contributed by atoms with Gasteiger partial charge in [0.15, 0.2) is 5.96 Å². The summed E-state index contributed by atoms with van der Waals surface area (Å²) in [5, 5.41) is 9.93. The van der Waals surface area contributed by atoms with Crippen molar-refractivity contribution in [1.82, 2.24) is 16.0 Å². The molecule has 0 bridgehead atoms. The molecule has 0 heterocycles. The van der Waals surface area contributed by atoms with Crippen LogP contribution in [0.25, 0.3) is 0 Å². The van der Waals surface area contributed by atoms with E-state index in [4.69, 9.17) is 0 Å². The fourth-order valence-electron chi connectivity index (χ4n) is 1.92. The third kappa shape index (κ3) is 11.3. The molecule has 0 saturated heterocycles. The van der Waals surface area contributed by atoms with Crippen LogP contribution < -0.4 is 16.0 Å². The molecule has 23 heavy (non-hydrogen) atoms. The average molecular weight is 436 g/mol. The molecule has 1 rings (SSSR count). The van der Waals surface area contributed by atoms with Gasteiger partial charge in [-0.25, -0.2) is 4.39 Å². The van der Waals surface area contributed by atoms with Gasteiger partial charge in [0, 0.05) is 25.2 Å². The third-order valence-corrected chi connectivity index (χ3v) is 3.00. The first-order valence-electron chi connectivity index (χ1n) is 7.92. The summed E-state index contributed by atoms with van der Waals surface area (Å²) in [5.41, 5.74) is 1.23. The highest BCUT2D eigenvalue weighted by Gasteiger charge is 2.07. The van der Waals surface area contributed by atoms with Gasteiger partial charge in [0.2, 0.25) is 0 Å². The summed E-state index contributed by atoms with van der Waals surface area (Å²) in [5.74, 6) is 0.623. The van der Waals surface area contributed by atoms with Gasteiger partial charge in [-0.05, 0) is 51.8 Å². The predicted molar refractivity (Wildman–Crippen MR) is 107 cm³/mol. The molecule has 0 spiro atoms. The number of guanidine groups is 1. The van der Waals surface area contributed by atoms with E-state index in [0.29, 0.717) is 0 Å². The van der Waals surface area contributed by atoms with Gasteiger partial charge in [0.05, 0.1) is 6.54 Å². The molecule has 0 aliphatic carbocycles. The molecular formula is C17H30FIN4. The van der Waals surface area contributed by atoms with E-state index in [1.54, 1.807) is 0 Å². The van der Waals surface area contributed by atoms with E-state index in [1.807, 2.05) is 19.1 Å². The van der Waals surface area contributed by atoms with Crippen LogP contribution in [0.1, 0.15) is 33.3 Å². The number of nitrogens with one attached hydrogen (secondary N) is 3. The lowest BCUT2D eigenvalue weighted by Gasteiger charge is -2.20. The van der Waals surface area contributed by atoms with Crippen LogP contribution in [0, 0.1) is 5.82 Å². The molecule has 4 nitrogen and oxygen atoms in total. The fraction of sp³-hybridized carbons (Fsp3) is 0.588. The summed E-state index contributed by atoms with van der Waals surface area (Å²) in [6.45, 7) is 11.6. The van der Waals surface area contributed by atoms with Crippen molar-refractivity contribution in [1.29, 1.82) is 0 Å². The van der Waals surface area contributed by atoms with Gasteiger partial charge in [-0.3, -0.25) is 4.99 Å². The van der Waals surface area contributed by atoms with Gasteiger partial charge in [-0.15, -0.1) is 24.0 Å². The molecule has 3 N–H and O–H groups in total. The lowest BCUT2D eigenvalue weighted by molar-refractivity contribution is 0.432. The molecule has 0 fully saturated rings. The summed E-state index contributed by atoms with van der Waals surface area (Å²) in [7, 11) is 0. The van der Waals surface area contributed by atoms with Gasteiger partial charge in [-0.2, -0.15) is 0 Å². The second-order valence-electron chi connectivity index (χ2n) is 6.24. The molecule has 0 atom stereocenters. The standard InChI is InChI=1S/C17H29FN4.HI/c1-5-19-16(21-12-13-22-17(2,3)4)20-11-10-14-6-8-15(18)9-7-14;/h6-9,22H,5,10-13H2,1-4H3,(H2,19,20,21);1H. The predicted octanol–water partition coefficient (Wildman–Crippen LogP) is 2.93. The number of benzene rings is 1. The molecule has 0 aliphatic heterocycles. The van der Waals surface area contributed by atoms with Crippen molar-refractivity contribution in [3.05, 3.63) is 35.6 Å². The maximum Gasteiger partial charge on any atom is 0.191 e. The van der Waals surface area contributed by atoms with Crippen molar-refractivity contribution in [2.45, 2.75) is 39.7 Å². The van der Waals surface area contributed by atoms with Crippen molar-refractivity contribution >= 4 is 29.9 Å². The van der Waals surface area contributed by atoms with Crippen LogP contribution in [0.4, 0.5) is 4.39 Å². The third-order valence-electron chi connectivity index (χ3n) is 3.00. The molecule has 0 amide bonds. The Kier molecular flexibility index (Phi) is 11.2. The van der Waals surface area contributed by atoms with E-state index in [1.165, 1.54) is 12.1 Å². The number of hydrogen-bond acceptors (Lipinski definition) is 2. The Hall–Kier alpha value is -0.890. The van der Waals surface area contributed by atoms with Gasteiger partial charge < -0.3 is 16.0 Å². The largest absolute Gasteiger partial charge is 0.357 e. The Bertz CT molecular complexity index is 455. The number of nitrogens with zero attached hydrogens (tertiary/aromatic N) is 1. The minimum absolute atomic E-state index is 0. The maximum atomic E-state index is 12.8. The molecule has 132 valence electrons. The summed E-state index contributed by atoms with van der Waals surface area (Å²) in [4.78, 5) is 4.53. The first kappa shape index (κ1) is 22.1. The molecular weight excluding hydrogens is 406 g/mol. The van der Waals surface area contributed by atoms with E-state index in [9.17, 15) is 4.39 Å². The Morgan fingerprint density at radius 2 is 1.74 bits per heavy atom. The zero-order valence-corrected chi connectivity index (χ0v) is 16.9. The van der Waals surface area contributed by atoms with Gasteiger partial charge in [0.25, 0.3) is 0 Å². The Labute approximate surface area is 156 Å². The summed E-state index contributed by atoms with van der Waals surface area (Å²) < 4.78 is 12.8. The van der Waals surface area contributed by atoms with Crippen molar-refractivity contribution in [3.8, 4) is 0 Å². The zero-order chi connectivity index (χ0) is 16.4.